The minimum absolute atomic E-state index is 0.718. The summed E-state index contributed by atoms with van der Waals surface area (Å²) in [5, 5.41) is 8.75. The third-order valence-electron chi connectivity index (χ3n) is 2.12. The van der Waals surface area contributed by atoms with E-state index >= 15 is 0 Å². The maximum absolute atomic E-state index is 5.23. The molecule has 0 spiro atoms. The number of hydrogen-bond donors (Lipinski definition) is 0. The van der Waals surface area contributed by atoms with Gasteiger partial charge in [-0.3, -0.25) is 0 Å². The predicted octanol–water partition coefficient (Wildman–Crippen LogP) is 2.65. The smallest absolute Gasteiger partial charge is 0.145 e. The first kappa shape index (κ1) is 11.6. The van der Waals surface area contributed by atoms with Gasteiger partial charge in [0.25, 0.3) is 0 Å². The Kier molecular flexibility index (Phi) is 4.11. The van der Waals surface area contributed by atoms with Crippen molar-refractivity contribution in [2.45, 2.75) is 11.4 Å². The van der Waals surface area contributed by atoms with Gasteiger partial charge in [-0.05, 0) is 0 Å². The van der Waals surface area contributed by atoms with Crippen LogP contribution in [0, 0.1) is 12.3 Å². The van der Waals surface area contributed by atoms with Crippen LogP contribution in [0.5, 0.6) is 0 Å². The molecule has 1 aromatic carbocycles. The molecule has 0 aliphatic carbocycles. The highest BCUT2D eigenvalue weighted by atomic mass is 32.2. The second-order valence-electron chi connectivity index (χ2n) is 3.28. The molecular weight excluding hydrogens is 230 g/mol. The molecule has 0 fully saturated rings. The molecule has 17 heavy (non-hydrogen) atoms. The Morgan fingerprint density at radius 1 is 1.24 bits per heavy atom. The van der Waals surface area contributed by atoms with Gasteiger partial charge in [-0.25, -0.2) is 4.98 Å². The fraction of sp³-hybridized carbons (Fsp3) is 0.154. The number of terminal acetylenes is 1. The summed E-state index contributed by atoms with van der Waals surface area (Å²) in [5.41, 5.74) is 1.91. The van der Waals surface area contributed by atoms with E-state index in [0.29, 0.717) is 0 Å². The van der Waals surface area contributed by atoms with Crippen molar-refractivity contribution >= 4 is 11.8 Å². The molecule has 4 heteroatoms. The molecule has 0 amide bonds. The first-order valence-electron chi connectivity index (χ1n) is 5.21. The van der Waals surface area contributed by atoms with Crippen molar-refractivity contribution in [2.24, 2.45) is 0 Å². The van der Waals surface area contributed by atoms with Crippen molar-refractivity contribution in [3.05, 3.63) is 36.7 Å². The van der Waals surface area contributed by atoms with Crippen molar-refractivity contribution in [3.8, 4) is 23.6 Å². The highest BCUT2D eigenvalue weighted by molar-refractivity contribution is 7.99. The molecule has 3 nitrogen and oxygen atoms in total. The van der Waals surface area contributed by atoms with Crippen LogP contribution in [0.15, 0.2) is 41.7 Å². The van der Waals surface area contributed by atoms with Gasteiger partial charge in [0.1, 0.15) is 17.0 Å². The largest absolute Gasteiger partial charge is 0.232 e. The number of hydrogen-bond acceptors (Lipinski definition) is 4. The molecule has 0 unspecified atom stereocenters. The fourth-order valence-electron chi connectivity index (χ4n) is 1.36. The molecule has 0 N–H and O–H groups in total. The summed E-state index contributed by atoms with van der Waals surface area (Å²) < 4.78 is 0. The summed E-state index contributed by atoms with van der Waals surface area (Å²) in [6.45, 7) is 0. The summed E-state index contributed by atoms with van der Waals surface area (Å²) >= 11 is 1.59. The second kappa shape index (κ2) is 6.02. The van der Waals surface area contributed by atoms with E-state index in [2.05, 4.69) is 21.1 Å². The van der Waals surface area contributed by atoms with Gasteiger partial charge in [0.15, 0.2) is 0 Å². The van der Waals surface area contributed by atoms with Crippen LogP contribution < -0.4 is 0 Å². The Morgan fingerprint density at radius 3 is 2.82 bits per heavy atom. The Hall–Kier alpha value is -1.86. The van der Waals surface area contributed by atoms with Gasteiger partial charge in [0.2, 0.25) is 0 Å². The van der Waals surface area contributed by atoms with Crippen LogP contribution in [0.25, 0.3) is 11.3 Å². The fourth-order valence-corrected chi connectivity index (χ4v) is 2.19. The van der Waals surface area contributed by atoms with Gasteiger partial charge < -0.3 is 0 Å². The number of thioether (sulfide) groups is 1. The Labute approximate surface area is 105 Å². The molecule has 84 valence electrons. The normalized spacial score (nSPS) is 9.82. The van der Waals surface area contributed by atoms with Crippen molar-refractivity contribution in [2.75, 3.05) is 5.75 Å². The SMILES string of the molecule is C#CCCSc1nncnc1-c1ccccc1. The Balaban J connectivity index is 2.25. The minimum atomic E-state index is 0.718. The zero-order valence-corrected chi connectivity index (χ0v) is 10.0. The van der Waals surface area contributed by atoms with Crippen LogP contribution in [0.3, 0.4) is 0 Å². The third-order valence-corrected chi connectivity index (χ3v) is 3.08. The summed E-state index contributed by atoms with van der Waals surface area (Å²) in [5.74, 6) is 3.44. The lowest BCUT2D eigenvalue weighted by atomic mass is 10.2. The lowest BCUT2D eigenvalue weighted by molar-refractivity contribution is 0.883. The molecular formula is C13H11N3S. The molecule has 0 bridgehead atoms. The van der Waals surface area contributed by atoms with Crippen molar-refractivity contribution < 1.29 is 0 Å². The maximum Gasteiger partial charge on any atom is 0.145 e. The van der Waals surface area contributed by atoms with E-state index in [-0.39, 0.29) is 0 Å². The van der Waals surface area contributed by atoms with Gasteiger partial charge >= 0.3 is 0 Å². The maximum atomic E-state index is 5.23. The number of rotatable bonds is 4. The highest BCUT2D eigenvalue weighted by Gasteiger charge is 2.08. The van der Waals surface area contributed by atoms with Crippen LogP contribution >= 0.6 is 11.8 Å². The summed E-state index contributed by atoms with van der Waals surface area (Å²) in [6, 6.07) is 9.95. The molecule has 0 aliphatic rings. The van der Waals surface area contributed by atoms with Crippen molar-refractivity contribution in [3.63, 3.8) is 0 Å². The van der Waals surface area contributed by atoms with Crippen LogP contribution in [-0.4, -0.2) is 20.9 Å². The van der Waals surface area contributed by atoms with E-state index in [1.807, 2.05) is 30.3 Å². The van der Waals surface area contributed by atoms with E-state index in [1.165, 1.54) is 6.33 Å². The highest BCUT2D eigenvalue weighted by Crippen LogP contribution is 2.26. The quantitative estimate of drug-likeness (QED) is 0.468. The summed E-state index contributed by atoms with van der Waals surface area (Å²) in [4.78, 5) is 4.28. The standard InChI is InChI=1S/C13H11N3S/c1-2-3-9-17-13-12(14-10-15-16-13)11-7-5-4-6-8-11/h1,4-8,10H,3,9H2. The molecule has 1 aromatic heterocycles. The van der Waals surface area contributed by atoms with E-state index in [1.54, 1.807) is 11.8 Å². The third kappa shape index (κ3) is 3.05. The van der Waals surface area contributed by atoms with E-state index < -0.39 is 0 Å². The monoisotopic (exact) mass is 241 g/mol. The molecule has 0 radical (unpaired) electrons. The summed E-state index contributed by atoms with van der Waals surface area (Å²) in [7, 11) is 0. The zero-order chi connectivity index (χ0) is 11.9. The van der Waals surface area contributed by atoms with Crippen LogP contribution in [-0.2, 0) is 0 Å². The predicted molar refractivity (Wildman–Crippen MR) is 69.4 cm³/mol. The number of nitrogens with zero attached hydrogens (tertiary/aromatic N) is 3. The first-order chi connectivity index (χ1) is 8.42. The molecule has 0 aliphatic heterocycles. The van der Waals surface area contributed by atoms with Gasteiger partial charge in [0.05, 0.1) is 0 Å². The number of aromatic nitrogens is 3. The molecule has 0 atom stereocenters. The van der Waals surface area contributed by atoms with E-state index in [4.69, 9.17) is 6.42 Å². The van der Waals surface area contributed by atoms with Gasteiger partial charge in [-0.1, -0.05) is 30.3 Å². The van der Waals surface area contributed by atoms with Crippen LogP contribution in [0.4, 0.5) is 0 Å². The van der Waals surface area contributed by atoms with Gasteiger partial charge in [-0.15, -0.1) is 34.3 Å². The first-order valence-corrected chi connectivity index (χ1v) is 6.19. The van der Waals surface area contributed by atoms with E-state index in [9.17, 15) is 0 Å². The molecule has 2 aromatic rings. The minimum Gasteiger partial charge on any atom is -0.232 e. The van der Waals surface area contributed by atoms with Crippen molar-refractivity contribution in [1.82, 2.24) is 15.2 Å². The average molecular weight is 241 g/mol. The average Bonchev–Trinajstić information content (AvgIpc) is 2.41. The Morgan fingerprint density at radius 2 is 2.06 bits per heavy atom. The lowest BCUT2D eigenvalue weighted by Crippen LogP contribution is -1.94. The molecule has 0 saturated heterocycles. The van der Waals surface area contributed by atoms with Crippen LogP contribution in [0.2, 0.25) is 0 Å². The molecule has 2 rings (SSSR count). The zero-order valence-electron chi connectivity index (χ0n) is 9.21. The van der Waals surface area contributed by atoms with E-state index in [0.717, 1.165) is 28.5 Å². The van der Waals surface area contributed by atoms with Crippen LogP contribution in [0.1, 0.15) is 6.42 Å². The second-order valence-corrected chi connectivity index (χ2v) is 4.37. The Bertz CT molecular complexity index is 520. The summed E-state index contributed by atoms with van der Waals surface area (Å²) in [6.07, 6.45) is 7.41. The number of benzene rings is 1. The van der Waals surface area contributed by atoms with Gasteiger partial charge in [0, 0.05) is 17.7 Å². The molecule has 1 heterocycles. The molecule has 0 saturated carbocycles. The topological polar surface area (TPSA) is 38.7 Å². The lowest BCUT2D eigenvalue weighted by Gasteiger charge is -2.04. The van der Waals surface area contributed by atoms with Crippen molar-refractivity contribution in [1.29, 1.82) is 0 Å². The van der Waals surface area contributed by atoms with Gasteiger partial charge in [-0.2, -0.15) is 0 Å².